The van der Waals surface area contributed by atoms with Gasteiger partial charge in [0, 0.05) is 203 Å². The Morgan fingerprint density at radius 3 is 0.636 bits per heavy atom. The Kier molecular flexibility index (Phi) is 35.2. The molecule has 0 spiro atoms. The molecule has 12 heterocycles. The van der Waals surface area contributed by atoms with Gasteiger partial charge in [0.05, 0.1) is 24.4 Å². The van der Waals surface area contributed by atoms with E-state index in [1.165, 1.54) is 0 Å². The van der Waals surface area contributed by atoms with Crippen LogP contribution < -0.4 is 74.9 Å². The number of amidine groups is 4. The van der Waals surface area contributed by atoms with Gasteiger partial charge in [0.25, 0.3) is 0 Å². The van der Waals surface area contributed by atoms with E-state index in [-0.39, 0.29) is 137 Å². The maximum absolute atomic E-state index is 7.47. The lowest BCUT2D eigenvalue weighted by Gasteiger charge is -2.51. The third-order valence-corrected chi connectivity index (χ3v) is 30.1. The quantitative estimate of drug-likeness (QED) is 0.0255. The standard InChI is InChI=1S/C108H206N28O4/c1-37-41-51-129(77-61-93(5,6)119-94(7,8)62-77)89-57-85(111-133(115-89)137-81-69-101(21,22)123-102(23,24)70-81)109-47-45-49-127(87-59-91(117-135(113-87)139-83-73-105(29,30)125-106(31,32)74-83)131(53-43-39-3)79-65-97(13,14)121-98(15,16)66-79)55-56-128(88-60-92(118-136(114-88)140-84-75-107(33,34)126-108(35,36)76-84)132(54-44-40-4)80-67-99(17,18)122-100(19,20)68-80)50-46-48-110-86-58-90(116-134(112-86)138-82-71-103(25,26)124-104(27,28)72-82)130(52-42-38-2)78-63-95(9,10)120-96(11,12)64-78/h57-60,77-84,109-114,119-126H,37-56,61-76H2,1-36H3. The average molecular weight is 1960 g/mol. The van der Waals surface area contributed by atoms with E-state index in [2.05, 4.69) is 378 Å². The maximum Gasteiger partial charge on any atom is 0.157 e. The summed E-state index contributed by atoms with van der Waals surface area (Å²) in [6, 6.07) is 0.824. The monoisotopic (exact) mass is 1960 g/mol. The number of hydrogen-bond donors (Lipinski definition) is 14. The molecule has 140 heavy (non-hydrogen) atoms. The third-order valence-electron chi connectivity index (χ3n) is 30.1. The van der Waals surface area contributed by atoms with Crippen LogP contribution in [0.4, 0.5) is 0 Å². The number of hydrazone groups is 4. The van der Waals surface area contributed by atoms with E-state index in [1.807, 2.05) is 0 Å². The van der Waals surface area contributed by atoms with Crippen LogP contribution in [0.2, 0.25) is 0 Å². The third kappa shape index (κ3) is 33.2. The molecule has 8 saturated heterocycles. The molecule has 0 aliphatic carbocycles. The highest BCUT2D eigenvalue weighted by atomic mass is 16.8. The topological polar surface area (TPSA) is 287 Å². The number of nitrogens with one attached hydrogen (secondary N) is 14. The van der Waals surface area contributed by atoms with Crippen LogP contribution in [0.15, 0.2) is 68.0 Å². The lowest BCUT2D eigenvalue weighted by atomic mass is 9.79. The first-order chi connectivity index (χ1) is 64.7. The fraction of sp³-hybridized carbons (Fsp3) is 0.889. The van der Waals surface area contributed by atoms with Crippen LogP contribution in [0.3, 0.4) is 0 Å². The Balaban J connectivity index is 0.972. The highest BCUT2D eigenvalue weighted by Crippen LogP contribution is 2.42. The summed E-state index contributed by atoms with van der Waals surface area (Å²) in [5.41, 5.74) is 13.1. The summed E-state index contributed by atoms with van der Waals surface area (Å²) in [5.74, 6) is 7.14. The number of nitrogens with zero attached hydrogens (tertiary/aromatic N) is 14. The molecule has 0 radical (unpaired) electrons. The van der Waals surface area contributed by atoms with Gasteiger partial charge in [-0.15, -0.1) is 20.4 Å². The highest BCUT2D eigenvalue weighted by molar-refractivity contribution is 5.96. The van der Waals surface area contributed by atoms with E-state index >= 15 is 0 Å². The molecule has 32 heteroatoms. The molecule has 0 aromatic carbocycles. The zero-order valence-corrected chi connectivity index (χ0v) is 95.3. The number of hydrazine groups is 4. The normalized spacial score (nSPS) is 26.3. The molecule has 14 N–H and O–H groups in total. The van der Waals surface area contributed by atoms with Crippen molar-refractivity contribution in [2.24, 2.45) is 20.4 Å². The lowest BCUT2D eigenvalue weighted by Crippen LogP contribution is -2.63. The van der Waals surface area contributed by atoms with Crippen LogP contribution in [0.1, 0.15) is 416 Å². The minimum absolute atomic E-state index is 0.0894. The second-order valence-corrected chi connectivity index (χ2v) is 55.2. The first-order valence-corrected chi connectivity index (χ1v) is 55.2. The molecule has 802 valence electrons. The van der Waals surface area contributed by atoms with E-state index in [9.17, 15) is 0 Å². The Bertz CT molecular complexity index is 3940. The van der Waals surface area contributed by atoms with Crippen molar-refractivity contribution in [3.63, 3.8) is 0 Å². The van der Waals surface area contributed by atoms with E-state index in [0.717, 1.165) is 240 Å². The summed E-state index contributed by atoms with van der Waals surface area (Å²) in [6.07, 6.45) is 32.7. The molecule has 12 aliphatic heterocycles. The minimum atomic E-state index is -0.198. The molecule has 0 aromatic heterocycles. The fourth-order valence-corrected chi connectivity index (χ4v) is 27.8. The Labute approximate surface area is 850 Å². The number of rotatable bonds is 39. The second kappa shape index (κ2) is 43.8. The Morgan fingerprint density at radius 2 is 0.436 bits per heavy atom. The Hall–Kier alpha value is -6.04. The molecular weight excluding hydrogens is 1750 g/mol. The van der Waals surface area contributed by atoms with Gasteiger partial charge in [-0.1, -0.05) is 74.5 Å². The van der Waals surface area contributed by atoms with Crippen molar-refractivity contribution in [2.45, 2.75) is 553 Å². The molecule has 12 rings (SSSR count). The van der Waals surface area contributed by atoms with Gasteiger partial charge in [-0.3, -0.25) is 0 Å². The van der Waals surface area contributed by atoms with Crippen molar-refractivity contribution in [1.82, 2.24) is 125 Å². The van der Waals surface area contributed by atoms with Crippen LogP contribution in [0.25, 0.3) is 0 Å². The van der Waals surface area contributed by atoms with Gasteiger partial charge in [-0.05, 0) is 363 Å². The van der Waals surface area contributed by atoms with Gasteiger partial charge in [0.2, 0.25) is 0 Å². The van der Waals surface area contributed by atoms with Gasteiger partial charge < -0.3 is 82.6 Å². The smallest absolute Gasteiger partial charge is 0.157 e. The van der Waals surface area contributed by atoms with Crippen LogP contribution in [0, 0.1) is 0 Å². The molecule has 0 aromatic rings. The maximum atomic E-state index is 7.47. The highest BCUT2D eigenvalue weighted by Gasteiger charge is 2.51. The van der Waals surface area contributed by atoms with Crippen LogP contribution >= 0.6 is 0 Å². The number of piperidine rings is 8. The van der Waals surface area contributed by atoms with Gasteiger partial charge in [-0.2, -0.15) is 0 Å². The first-order valence-electron chi connectivity index (χ1n) is 55.2. The molecule has 8 fully saturated rings. The second-order valence-electron chi connectivity index (χ2n) is 55.2. The summed E-state index contributed by atoms with van der Waals surface area (Å²) in [4.78, 5) is 45.0. The molecule has 0 amide bonds. The van der Waals surface area contributed by atoms with Crippen molar-refractivity contribution in [3.8, 4) is 0 Å². The molecular formula is C108H206N28O4. The fourth-order valence-electron chi connectivity index (χ4n) is 27.8. The molecule has 32 nitrogen and oxygen atoms in total. The minimum Gasteiger partial charge on any atom is -0.370 e. The van der Waals surface area contributed by atoms with Gasteiger partial charge in [0.1, 0.15) is 23.3 Å². The summed E-state index contributed by atoms with van der Waals surface area (Å²) in [6.45, 7) is 91.1. The van der Waals surface area contributed by atoms with Crippen LogP contribution in [-0.4, -0.2) is 277 Å². The summed E-state index contributed by atoms with van der Waals surface area (Å²) < 4.78 is 0. The summed E-state index contributed by atoms with van der Waals surface area (Å²) in [5, 5.41) is 69.2. The van der Waals surface area contributed by atoms with Crippen molar-refractivity contribution >= 4 is 23.3 Å². The van der Waals surface area contributed by atoms with Gasteiger partial charge >= 0.3 is 0 Å². The van der Waals surface area contributed by atoms with Gasteiger partial charge in [0.15, 0.2) is 23.3 Å². The van der Waals surface area contributed by atoms with Crippen LogP contribution in [-0.2, 0) is 19.4 Å². The largest absolute Gasteiger partial charge is 0.370 e. The van der Waals surface area contributed by atoms with Crippen molar-refractivity contribution in [2.75, 3.05) is 65.4 Å². The molecule has 0 unspecified atom stereocenters. The SMILES string of the molecule is CCCCN(C1=NN(OC2CC(C)(C)NC(C)(C)C2)NC(NCCCN(CCN(CCCNC2=CC(N(CCCC)C3CC(C)(C)NC(C)(C)C3)=NN(OC3CC(C)(C)NC(C)(C)C3)N2)C2=CC(N(CCCC)C3CC(C)(C)NC(C)(C)C3)=NN(OC3CC(C)(C)NC(C)(C)C3)N2)C2=CC(N(CCCC)C3CC(C)(C)NC(C)(C)C3)=NN(OC3CC(C)(C)NC(C)(C)C3)N2)=C1)C1CC(C)(C)NC(C)(C)C1. The van der Waals surface area contributed by atoms with E-state index in [4.69, 9.17) is 39.8 Å². The Morgan fingerprint density at radius 1 is 0.250 bits per heavy atom. The summed E-state index contributed by atoms with van der Waals surface area (Å²) in [7, 11) is 0. The summed E-state index contributed by atoms with van der Waals surface area (Å²) >= 11 is 0. The van der Waals surface area contributed by atoms with Crippen molar-refractivity contribution < 1.29 is 19.4 Å². The van der Waals surface area contributed by atoms with Crippen molar-refractivity contribution in [1.29, 1.82) is 0 Å². The number of unbranched alkanes of at least 4 members (excludes halogenated alkanes) is 4. The number of hydrogen-bond acceptors (Lipinski definition) is 32. The van der Waals surface area contributed by atoms with E-state index in [1.54, 1.807) is 21.1 Å². The first kappa shape index (κ1) is 113. The van der Waals surface area contributed by atoms with E-state index < -0.39 is 0 Å². The van der Waals surface area contributed by atoms with E-state index in [0.29, 0.717) is 39.3 Å². The molecule has 0 bridgehead atoms. The predicted molar refractivity (Wildman–Crippen MR) is 576 cm³/mol. The predicted octanol–water partition coefficient (Wildman–Crippen LogP) is 16.1. The van der Waals surface area contributed by atoms with Gasteiger partial charge in [-0.25, -0.2) is 41.1 Å². The average Bonchev–Trinajstić information content (AvgIpc) is 0.782. The molecule has 0 atom stereocenters. The molecule has 12 aliphatic rings. The zero-order chi connectivity index (χ0) is 103. The zero-order valence-electron chi connectivity index (χ0n) is 95.3. The van der Waals surface area contributed by atoms with Crippen LogP contribution in [0.5, 0.6) is 0 Å². The van der Waals surface area contributed by atoms with Crippen molar-refractivity contribution in [3.05, 3.63) is 47.6 Å². The molecule has 0 saturated carbocycles. The lowest BCUT2D eigenvalue weighted by molar-refractivity contribution is -0.245.